The van der Waals surface area contributed by atoms with Crippen LogP contribution < -0.4 is 10.6 Å². The summed E-state index contributed by atoms with van der Waals surface area (Å²) in [5.41, 5.74) is 2.36. The van der Waals surface area contributed by atoms with Gasteiger partial charge in [0.25, 0.3) is 0 Å². The Hall–Kier alpha value is -1.97. The van der Waals surface area contributed by atoms with E-state index in [2.05, 4.69) is 44.9 Å². The number of hydrogen-bond acceptors (Lipinski definition) is 1. The molecule has 1 aliphatic carbocycles. The van der Waals surface area contributed by atoms with Crippen molar-refractivity contribution in [1.29, 1.82) is 0 Å². The number of rotatable bonds is 4. The molecule has 3 rings (SSSR count). The van der Waals surface area contributed by atoms with E-state index in [-0.39, 0.29) is 0 Å². The van der Waals surface area contributed by atoms with Crippen molar-refractivity contribution in [3.8, 4) is 0 Å². The number of aromatic nitrogens is 1. The third-order valence-electron chi connectivity index (χ3n) is 3.51. The highest BCUT2D eigenvalue weighted by Crippen LogP contribution is 2.27. The number of aliphatic imine (C=N–C) groups is 1. The zero-order chi connectivity index (χ0) is 13.1. The van der Waals surface area contributed by atoms with Gasteiger partial charge >= 0.3 is 0 Å². The van der Waals surface area contributed by atoms with Crippen molar-refractivity contribution in [3.05, 3.63) is 36.0 Å². The second-order valence-electron chi connectivity index (χ2n) is 5.13. The smallest absolute Gasteiger partial charge is 0.191 e. The molecule has 0 radical (unpaired) electrons. The number of nitrogens with zero attached hydrogens (tertiary/aromatic N) is 1. The molecular weight excluding hydrogens is 236 g/mol. The molecule has 0 bridgehead atoms. The standard InChI is InChI=1S/C15H20N4/c1-16-15(17-9-11-6-7-11)18-10-13-8-12-4-2-3-5-14(12)19-13/h2-5,8,11,19H,6-7,9-10H2,1H3,(H2,16,17,18). The van der Waals surface area contributed by atoms with Gasteiger partial charge in [0.05, 0.1) is 6.54 Å². The van der Waals surface area contributed by atoms with Gasteiger partial charge in [0.2, 0.25) is 0 Å². The van der Waals surface area contributed by atoms with Crippen molar-refractivity contribution in [2.24, 2.45) is 10.9 Å². The minimum absolute atomic E-state index is 0.763. The molecule has 2 aromatic rings. The second kappa shape index (κ2) is 5.34. The average Bonchev–Trinajstić information content (AvgIpc) is 3.17. The zero-order valence-corrected chi connectivity index (χ0v) is 11.2. The van der Waals surface area contributed by atoms with Crippen LogP contribution in [0.2, 0.25) is 0 Å². The Morgan fingerprint density at radius 2 is 2.16 bits per heavy atom. The van der Waals surface area contributed by atoms with Gasteiger partial charge in [-0.15, -0.1) is 0 Å². The van der Waals surface area contributed by atoms with Crippen molar-refractivity contribution >= 4 is 16.9 Å². The summed E-state index contributed by atoms with van der Waals surface area (Å²) >= 11 is 0. The molecule has 0 spiro atoms. The molecule has 1 heterocycles. The first-order chi connectivity index (χ1) is 9.35. The van der Waals surface area contributed by atoms with Crippen LogP contribution in [0.1, 0.15) is 18.5 Å². The lowest BCUT2D eigenvalue weighted by molar-refractivity contribution is 0.734. The molecule has 0 amide bonds. The van der Waals surface area contributed by atoms with Crippen LogP contribution in [-0.2, 0) is 6.54 Å². The maximum Gasteiger partial charge on any atom is 0.191 e. The molecule has 0 atom stereocenters. The van der Waals surface area contributed by atoms with Crippen LogP contribution in [0.3, 0.4) is 0 Å². The van der Waals surface area contributed by atoms with E-state index in [1.165, 1.54) is 29.4 Å². The lowest BCUT2D eigenvalue weighted by atomic mass is 10.2. The molecule has 4 heteroatoms. The maximum absolute atomic E-state index is 4.24. The highest BCUT2D eigenvalue weighted by Gasteiger charge is 2.20. The van der Waals surface area contributed by atoms with Crippen LogP contribution >= 0.6 is 0 Å². The molecule has 1 fully saturated rings. The van der Waals surface area contributed by atoms with Gasteiger partial charge in [-0.05, 0) is 36.3 Å². The minimum Gasteiger partial charge on any atom is -0.357 e. The number of benzene rings is 1. The van der Waals surface area contributed by atoms with E-state index in [0.717, 1.165) is 25.0 Å². The highest BCUT2D eigenvalue weighted by molar-refractivity contribution is 5.81. The molecule has 1 saturated carbocycles. The molecule has 100 valence electrons. The first-order valence-electron chi connectivity index (χ1n) is 6.86. The van der Waals surface area contributed by atoms with E-state index >= 15 is 0 Å². The van der Waals surface area contributed by atoms with Gasteiger partial charge in [0.15, 0.2) is 5.96 Å². The van der Waals surface area contributed by atoms with E-state index in [0.29, 0.717) is 0 Å². The highest BCUT2D eigenvalue weighted by atomic mass is 15.2. The minimum atomic E-state index is 0.763. The number of nitrogens with one attached hydrogen (secondary N) is 3. The van der Waals surface area contributed by atoms with Crippen molar-refractivity contribution in [1.82, 2.24) is 15.6 Å². The number of fused-ring (bicyclic) bond motifs is 1. The maximum atomic E-state index is 4.24. The molecule has 0 unspecified atom stereocenters. The van der Waals surface area contributed by atoms with Crippen LogP contribution in [0.4, 0.5) is 0 Å². The summed E-state index contributed by atoms with van der Waals surface area (Å²) in [6.07, 6.45) is 2.71. The first-order valence-corrected chi connectivity index (χ1v) is 6.86. The summed E-state index contributed by atoms with van der Waals surface area (Å²) in [4.78, 5) is 7.64. The molecular formula is C15H20N4. The third-order valence-corrected chi connectivity index (χ3v) is 3.51. The van der Waals surface area contributed by atoms with E-state index in [1.807, 2.05) is 13.1 Å². The zero-order valence-electron chi connectivity index (χ0n) is 11.2. The van der Waals surface area contributed by atoms with Gasteiger partial charge < -0.3 is 15.6 Å². The fraction of sp³-hybridized carbons (Fsp3) is 0.400. The number of aromatic amines is 1. The Morgan fingerprint density at radius 1 is 1.32 bits per heavy atom. The van der Waals surface area contributed by atoms with Gasteiger partial charge in [-0.2, -0.15) is 0 Å². The Balaban J connectivity index is 1.57. The fourth-order valence-electron chi connectivity index (χ4n) is 2.19. The van der Waals surface area contributed by atoms with Crippen molar-refractivity contribution in [2.75, 3.05) is 13.6 Å². The van der Waals surface area contributed by atoms with Gasteiger partial charge in [-0.25, -0.2) is 0 Å². The van der Waals surface area contributed by atoms with E-state index in [9.17, 15) is 0 Å². The number of guanidine groups is 1. The Morgan fingerprint density at radius 3 is 2.89 bits per heavy atom. The van der Waals surface area contributed by atoms with Crippen molar-refractivity contribution in [3.63, 3.8) is 0 Å². The third kappa shape index (κ3) is 3.08. The van der Waals surface area contributed by atoms with Crippen LogP contribution in [0.25, 0.3) is 10.9 Å². The average molecular weight is 256 g/mol. The molecule has 1 aliphatic rings. The largest absolute Gasteiger partial charge is 0.357 e. The predicted molar refractivity (Wildman–Crippen MR) is 79.2 cm³/mol. The molecule has 1 aromatic carbocycles. The lowest BCUT2D eigenvalue weighted by Crippen LogP contribution is -2.37. The summed E-state index contributed by atoms with van der Waals surface area (Å²) < 4.78 is 0. The molecule has 0 aliphatic heterocycles. The Bertz CT molecular complexity index is 548. The molecule has 4 nitrogen and oxygen atoms in total. The molecule has 0 saturated heterocycles. The van der Waals surface area contributed by atoms with Gasteiger partial charge in [-0.3, -0.25) is 4.99 Å². The quantitative estimate of drug-likeness (QED) is 0.580. The molecule has 1 aromatic heterocycles. The van der Waals surface area contributed by atoms with Crippen molar-refractivity contribution in [2.45, 2.75) is 19.4 Å². The Kier molecular flexibility index (Phi) is 3.40. The van der Waals surface area contributed by atoms with Crippen LogP contribution in [0.5, 0.6) is 0 Å². The summed E-state index contributed by atoms with van der Waals surface area (Å²) in [5, 5.41) is 7.95. The van der Waals surface area contributed by atoms with E-state index in [4.69, 9.17) is 0 Å². The SMILES string of the molecule is CN=C(NCc1cc2ccccc2[nH]1)NCC1CC1. The fourth-order valence-corrected chi connectivity index (χ4v) is 2.19. The van der Waals surface area contributed by atoms with Crippen molar-refractivity contribution < 1.29 is 0 Å². The van der Waals surface area contributed by atoms with E-state index in [1.54, 1.807) is 0 Å². The lowest BCUT2D eigenvalue weighted by Gasteiger charge is -2.10. The summed E-state index contributed by atoms with van der Waals surface area (Å²) in [7, 11) is 1.81. The monoisotopic (exact) mass is 256 g/mol. The first kappa shape index (κ1) is 12.1. The van der Waals surface area contributed by atoms with E-state index < -0.39 is 0 Å². The van der Waals surface area contributed by atoms with Gasteiger partial charge in [-0.1, -0.05) is 18.2 Å². The summed E-state index contributed by atoms with van der Waals surface area (Å²) in [6.45, 7) is 1.80. The molecule has 19 heavy (non-hydrogen) atoms. The second-order valence-corrected chi connectivity index (χ2v) is 5.13. The van der Waals surface area contributed by atoms with Gasteiger partial charge in [0, 0.05) is 24.8 Å². The summed E-state index contributed by atoms with van der Waals surface area (Å²) in [6, 6.07) is 10.5. The normalized spacial score (nSPS) is 15.7. The molecule has 3 N–H and O–H groups in total. The van der Waals surface area contributed by atoms with Crippen LogP contribution in [0, 0.1) is 5.92 Å². The van der Waals surface area contributed by atoms with Crippen LogP contribution in [-0.4, -0.2) is 24.5 Å². The van der Waals surface area contributed by atoms with Gasteiger partial charge in [0.1, 0.15) is 0 Å². The number of H-pyrrole nitrogens is 1. The Labute approximate surface area is 113 Å². The summed E-state index contributed by atoms with van der Waals surface area (Å²) in [5.74, 6) is 1.73. The number of hydrogen-bond donors (Lipinski definition) is 3. The van der Waals surface area contributed by atoms with Crippen LogP contribution in [0.15, 0.2) is 35.3 Å². The number of para-hydroxylation sites is 1. The topological polar surface area (TPSA) is 52.2 Å². The predicted octanol–water partition coefficient (Wildman–Crippen LogP) is 2.24.